The van der Waals surface area contributed by atoms with Crippen molar-refractivity contribution in [1.29, 1.82) is 0 Å². The second-order valence-electron chi connectivity index (χ2n) is 9.60. The van der Waals surface area contributed by atoms with Crippen molar-refractivity contribution in [2.75, 3.05) is 31.1 Å². The number of hydrogen-bond acceptors (Lipinski definition) is 7. The molecule has 192 valence electrons. The average Bonchev–Trinajstić information content (AvgIpc) is 3.19. The number of hydrogen-bond donors (Lipinski definition) is 0. The molecule has 1 aromatic carbocycles. The van der Waals surface area contributed by atoms with Crippen LogP contribution in [-0.4, -0.2) is 61.6 Å². The minimum Gasteiger partial charge on any atom is -0.353 e. The first-order chi connectivity index (χ1) is 17.9. The van der Waals surface area contributed by atoms with Crippen molar-refractivity contribution in [3.05, 3.63) is 80.6 Å². The summed E-state index contributed by atoms with van der Waals surface area (Å²) in [7, 11) is 0. The molecule has 0 aliphatic carbocycles. The molecular formula is C28H31N5O2S2. The Morgan fingerprint density at radius 2 is 1.81 bits per heavy atom. The smallest absolute Gasteiger partial charge is 0.267 e. The lowest BCUT2D eigenvalue weighted by Gasteiger charge is -2.36. The molecule has 2 aromatic heterocycles. The van der Waals surface area contributed by atoms with Crippen LogP contribution in [0.2, 0.25) is 0 Å². The first-order valence-corrected chi connectivity index (χ1v) is 13.9. The van der Waals surface area contributed by atoms with Gasteiger partial charge in [0.25, 0.3) is 11.5 Å². The van der Waals surface area contributed by atoms with Crippen LogP contribution < -0.4 is 10.5 Å². The fourth-order valence-corrected chi connectivity index (χ4v) is 6.24. The summed E-state index contributed by atoms with van der Waals surface area (Å²) in [5.41, 5.74) is 3.11. The van der Waals surface area contributed by atoms with E-state index in [1.54, 1.807) is 21.6 Å². The summed E-state index contributed by atoms with van der Waals surface area (Å²) in [4.78, 5) is 38.7. The molecule has 1 unspecified atom stereocenters. The van der Waals surface area contributed by atoms with E-state index in [2.05, 4.69) is 34.1 Å². The topological polar surface area (TPSA) is 61.2 Å². The van der Waals surface area contributed by atoms with Gasteiger partial charge >= 0.3 is 0 Å². The molecular weight excluding hydrogens is 502 g/mol. The van der Waals surface area contributed by atoms with Crippen LogP contribution in [0, 0.1) is 6.92 Å². The zero-order valence-corrected chi connectivity index (χ0v) is 23.0. The monoisotopic (exact) mass is 533 g/mol. The number of aromatic nitrogens is 2. The van der Waals surface area contributed by atoms with Crippen LogP contribution in [0.15, 0.2) is 58.4 Å². The van der Waals surface area contributed by atoms with Gasteiger partial charge in [0.2, 0.25) is 0 Å². The molecule has 0 radical (unpaired) electrons. The van der Waals surface area contributed by atoms with Crippen molar-refractivity contribution >= 4 is 51.7 Å². The highest BCUT2D eigenvalue weighted by atomic mass is 32.2. The first kappa shape index (κ1) is 25.6. The predicted molar refractivity (Wildman–Crippen MR) is 155 cm³/mol. The van der Waals surface area contributed by atoms with E-state index < -0.39 is 0 Å². The molecule has 0 bridgehead atoms. The molecule has 2 aliphatic heterocycles. The van der Waals surface area contributed by atoms with Crippen molar-refractivity contribution in [3.63, 3.8) is 0 Å². The van der Waals surface area contributed by atoms with Crippen molar-refractivity contribution in [3.8, 4) is 0 Å². The quantitative estimate of drug-likeness (QED) is 0.345. The molecule has 1 amide bonds. The second-order valence-corrected chi connectivity index (χ2v) is 11.3. The summed E-state index contributed by atoms with van der Waals surface area (Å²) in [5, 5.41) is 0. The normalized spacial score (nSPS) is 18.8. The van der Waals surface area contributed by atoms with E-state index in [1.165, 1.54) is 17.3 Å². The van der Waals surface area contributed by atoms with Crippen LogP contribution in [0.5, 0.6) is 0 Å². The van der Waals surface area contributed by atoms with Crippen molar-refractivity contribution < 1.29 is 4.79 Å². The Labute approximate surface area is 226 Å². The van der Waals surface area contributed by atoms with E-state index in [-0.39, 0.29) is 17.5 Å². The summed E-state index contributed by atoms with van der Waals surface area (Å²) in [6.07, 6.45) is 4.25. The first-order valence-electron chi connectivity index (χ1n) is 12.7. The summed E-state index contributed by atoms with van der Waals surface area (Å²) in [6.45, 7) is 10.1. The van der Waals surface area contributed by atoms with Gasteiger partial charge in [0.05, 0.1) is 10.5 Å². The number of thiocarbonyl (C=S) groups is 1. The molecule has 2 aliphatic rings. The Hall–Kier alpha value is -3.01. The summed E-state index contributed by atoms with van der Waals surface area (Å²) >= 11 is 6.78. The Kier molecular flexibility index (Phi) is 7.46. The molecule has 2 fully saturated rings. The van der Waals surface area contributed by atoms with Gasteiger partial charge in [0.1, 0.15) is 15.8 Å². The third kappa shape index (κ3) is 5.08. The number of piperazine rings is 1. The molecule has 0 N–H and O–H groups in total. The number of amides is 1. The molecule has 7 nitrogen and oxygen atoms in total. The van der Waals surface area contributed by atoms with Gasteiger partial charge in [-0.05, 0) is 43.5 Å². The van der Waals surface area contributed by atoms with Gasteiger partial charge in [-0.3, -0.25) is 23.8 Å². The van der Waals surface area contributed by atoms with Gasteiger partial charge in [0.15, 0.2) is 0 Å². The van der Waals surface area contributed by atoms with E-state index >= 15 is 0 Å². The largest absolute Gasteiger partial charge is 0.353 e. The predicted octanol–water partition coefficient (Wildman–Crippen LogP) is 4.32. The van der Waals surface area contributed by atoms with E-state index in [9.17, 15) is 9.59 Å². The fourth-order valence-electron chi connectivity index (χ4n) is 4.80. The van der Waals surface area contributed by atoms with Gasteiger partial charge in [-0.15, -0.1) is 0 Å². The number of fused-ring (bicyclic) bond motifs is 1. The van der Waals surface area contributed by atoms with Gasteiger partial charge in [-0.1, -0.05) is 67.3 Å². The summed E-state index contributed by atoms with van der Waals surface area (Å²) < 4.78 is 2.11. The Bertz CT molecular complexity index is 1430. The van der Waals surface area contributed by atoms with Crippen molar-refractivity contribution in [2.45, 2.75) is 39.8 Å². The van der Waals surface area contributed by atoms with E-state index in [0.717, 1.165) is 44.7 Å². The zero-order chi connectivity index (χ0) is 26.1. The number of rotatable bonds is 6. The molecule has 9 heteroatoms. The average molecular weight is 534 g/mol. The highest BCUT2D eigenvalue weighted by Crippen LogP contribution is 2.35. The number of aryl methyl sites for hydroxylation is 1. The number of nitrogens with zero attached hydrogens (tertiary/aromatic N) is 5. The van der Waals surface area contributed by atoms with Crippen LogP contribution >= 0.6 is 24.0 Å². The van der Waals surface area contributed by atoms with Crippen molar-refractivity contribution in [2.24, 2.45) is 0 Å². The lowest BCUT2D eigenvalue weighted by molar-refractivity contribution is -0.123. The molecule has 4 heterocycles. The Morgan fingerprint density at radius 3 is 2.51 bits per heavy atom. The highest BCUT2D eigenvalue weighted by molar-refractivity contribution is 8.26. The van der Waals surface area contributed by atoms with Gasteiger partial charge in [-0.2, -0.15) is 0 Å². The maximum absolute atomic E-state index is 13.8. The number of carbonyl (C=O) groups excluding carboxylic acids is 1. The molecule has 5 rings (SSSR count). The minimum absolute atomic E-state index is 0.00837. The maximum atomic E-state index is 13.8. The van der Waals surface area contributed by atoms with Crippen molar-refractivity contribution in [1.82, 2.24) is 19.2 Å². The minimum atomic E-state index is -0.177. The summed E-state index contributed by atoms with van der Waals surface area (Å²) in [5.74, 6) is 0.490. The second kappa shape index (κ2) is 10.8. The van der Waals surface area contributed by atoms with E-state index in [0.29, 0.717) is 26.3 Å². The van der Waals surface area contributed by atoms with Gasteiger partial charge in [-0.25, -0.2) is 4.98 Å². The Balaban J connectivity index is 1.50. The van der Waals surface area contributed by atoms with Gasteiger partial charge in [0, 0.05) is 45.0 Å². The standard InChI is InChI=1S/C28H31N5O2S2/c1-4-20(3)33-27(35)23(37-28(33)36)17-22-25(29-24-19(2)9-8-12-32(24)26(22)34)31-15-13-30(14-16-31)18-21-10-6-5-7-11-21/h5-12,17,20H,4,13-16,18H2,1-3H3. The summed E-state index contributed by atoms with van der Waals surface area (Å²) in [6, 6.07) is 14.3. The Morgan fingerprint density at radius 1 is 1.08 bits per heavy atom. The van der Waals surface area contributed by atoms with Gasteiger partial charge < -0.3 is 4.90 Å². The number of pyridine rings is 1. The lowest BCUT2D eigenvalue weighted by Crippen LogP contribution is -2.47. The molecule has 1 atom stereocenters. The number of thioether (sulfide) groups is 1. The van der Waals surface area contributed by atoms with Crippen LogP contribution in [0.1, 0.15) is 37.0 Å². The maximum Gasteiger partial charge on any atom is 0.267 e. The number of carbonyl (C=O) groups is 1. The third-order valence-electron chi connectivity index (χ3n) is 7.12. The van der Waals surface area contributed by atoms with Crippen LogP contribution in [0.25, 0.3) is 11.7 Å². The van der Waals surface area contributed by atoms with Crippen LogP contribution in [0.3, 0.4) is 0 Å². The molecule has 0 saturated carbocycles. The van der Waals surface area contributed by atoms with E-state index in [4.69, 9.17) is 17.2 Å². The zero-order valence-electron chi connectivity index (χ0n) is 21.4. The molecule has 3 aromatic rings. The number of benzene rings is 1. The van der Waals surface area contributed by atoms with Crippen LogP contribution in [0.4, 0.5) is 5.82 Å². The number of anilines is 1. The highest BCUT2D eigenvalue weighted by Gasteiger charge is 2.35. The molecule has 2 saturated heterocycles. The lowest BCUT2D eigenvalue weighted by atomic mass is 10.1. The molecule has 0 spiro atoms. The van der Waals surface area contributed by atoms with E-state index in [1.807, 2.05) is 39.0 Å². The molecule has 37 heavy (non-hydrogen) atoms. The SMILES string of the molecule is CCC(C)N1C(=O)C(=Cc2c(N3CCN(Cc4ccccc4)CC3)nc3c(C)cccn3c2=O)SC1=S. The fraction of sp³-hybridized carbons (Fsp3) is 0.357. The third-order valence-corrected chi connectivity index (χ3v) is 8.45. The van der Waals surface area contributed by atoms with Crippen LogP contribution in [-0.2, 0) is 11.3 Å².